The molecular weight excluding hydrogens is 592 g/mol. The number of likely N-dealkylation sites (N-methyl/N-ethyl adjacent to an activating group) is 1. The van der Waals surface area contributed by atoms with Crippen LogP contribution in [0.15, 0.2) is 72.6 Å². The Morgan fingerprint density at radius 2 is 1.81 bits per heavy atom. The molecule has 12 nitrogen and oxygen atoms in total. The average Bonchev–Trinajstić information content (AvgIpc) is 3.70. The number of nitrogen functional groups attached to an aromatic ring is 1. The molecule has 2 saturated heterocycles. The van der Waals surface area contributed by atoms with Crippen LogP contribution in [0.5, 0.6) is 0 Å². The van der Waals surface area contributed by atoms with Crippen LogP contribution < -0.4 is 11.1 Å². The second kappa shape index (κ2) is 13.3. The highest BCUT2D eigenvalue weighted by atomic mass is 16.2. The molecule has 2 aliphatic heterocycles. The Hall–Kier alpha value is -5.12. The Bertz CT molecular complexity index is 1830. The third-order valence-electron chi connectivity index (χ3n) is 9.21. The number of aromatic nitrogens is 4. The lowest BCUT2D eigenvalue weighted by molar-refractivity contribution is -0.127. The smallest absolute Gasteiger partial charge is 0.264 e. The van der Waals surface area contributed by atoms with Crippen LogP contribution in [0, 0.1) is 11.3 Å². The van der Waals surface area contributed by atoms with Crippen LogP contribution in [-0.4, -0.2) is 97.6 Å². The molecule has 4 aromatic rings. The van der Waals surface area contributed by atoms with Crippen molar-refractivity contribution in [2.45, 2.75) is 44.8 Å². The van der Waals surface area contributed by atoms with Gasteiger partial charge < -0.3 is 20.9 Å². The van der Waals surface area contributed by atoms with Crippen molar-refractivity contribution in [2.24, 2.45) is 0 Å². The predicted octanol–water partition coefficient (Wildman–Crippen LogP) is 3.79. The number of anilines is 2. The molecule has 3 N–H and O–H groups in total. The highest BCUT2D eigenvalue weighted by Crippen LogP contribution is 2.33. The normalized spacial score (nSPS) is 18.0. The van der Waals surface area contributed by atoms with Gasteiger partial charge in [-0.05, 0) is 70.1 Å². The molecule has 1 aromatic carbocycles. The van der Waals surface area contributed by atoms with Gasteiger partial charge in [-0.3, -0.25) is 19.2 Å². The van der Waals surface area contributed by atoms with E-state index >= 15 is 0 Å². The lowest BCUT2D eigenvalue weighted by atomic mass is 9.97. The second-order valence-corrected chi connectivity index (χ2v) is 12.8. The van der Waals surface area contributed by atoms with Crippen LogP contribution in [0.1, 0.15) is 37.0 Å². The zero-order chi connectivity index (χ0) is 33.1. The third kappa shape index (κ3) is 6.72. The first-order chi connectivity index (χ1) is 22.6. The molecule has 2 aliphatic rings. The van der Waals surface area contributed by atoms with Crippen LogP contribution >= 0.6 is 0 Å². The summed E-state index contributed by atoms with van der Waals surface area (Å²) in [6, 6.07) is 16.4. The number of hydrogen-bond donors (Lipinski definition) is 2. The lowest BCUT2D eigenvalue weighted by Crippen LogP contribution is -2.53. The minimum absolute atomic E-state index is 0.144. The van der Waals surface area contributed by atoms with Gasteiger partial charge in [0.1, 0.15) is 29.0 Å². The number of pyridine rings is 2. The SMILES string of the molecule is CN1CCN(C(C)(C)C=C(C#N)C(=O)N2CCCC2Cn2nc(-c3ccc(C(=O)Nc4ccccn4)cc3)c3c(N)nccc32)CC1. The number of amides is 2. The van der Waals surface area contributed by atoms with Crippen molar-refractivity contribution in [3.05, 3.63) is 78.1 Å². The van der Waals surface area contributed by atoms with E-state index in [-0.39, 0.29) is 23.4 Å². The molecule has 242 valence electrons. The number of rotatable bonds is 8. The summed E-state index contributed by atoms with van der Waals surface area (Å²) in [4.78, 5) is 41.5. The standard InChI is InChI=1S/C35H40N10O2/c1-35(2,43-19-17-42(3)18-20-43)21-26(22-36)34(47)44-16-6-7-27(44)23-45-28-13-15-39-32(37)30(28)31(41-45)24-9-11-25(12-10-24)33(46)40-29-8-4-5-14-38-29/h4-5,8-15,21,27H,6-7,16-20,23H2,1-3H3,(H2,37,39)(H,38,40,46). The molecule has 6 rings (SSSR count). The van der Waals surface area contributed by atoms with Crippen molar-refractivity contribution >= 4 is 34.4 Å². The van der Waals surface area contributed by atoms with Crippen molar-refractivity contribution in [1.82, 2.24) is 34.4 Å². The fraction of sp³-hybridized carbons (Fsp3) is 0.371. The summed E-state index contributed by atoms with van der Waals surface area (Å²) in [7, 11) is 2.11. The first-order valence-electron chi connectivity index (χ1n) is 16.0. The number of nitrogens with one attached hydrogen (secondary N) is 1. The summed E-state index contributed by atoms with van der Waals surface area (Å²) in [5.41, 5.74) is 8.84. The third-order valence-corrected chi connectivity index (χ3v) is 9.21. The highest BCUT2D eigenvalue weighted by Gasteiger charge is 2.34. The first kappa shape index (κ1) is 31.8. The molecule has 0 aliphatic carbocycles. The van der Waals surface area contributed by atoms with Gasteiger partial charge in [-0.15, -0.1) is 0 Å². The molecule has 3 aromatic heterocycles. The van der Waals surface area contributed by atoms with E-state index in [0.717, 1.165) is 50.1 Å². The number of nitrogens with zero attached hydrogens (tertiary/aromatic N) is 8. The van der Waals surface area contributed by atoms with Gasteiger partial charge in [0.05, 0.1) is 23.5 Å². The molecule has 0 spiro atoms. The molecule has 12 heteroatoms. The Labute approximate surface area is 274 Å². The molecule has 1 unspecified atom stereocenters. The van der Waals surface area contributed by atoms with E-state index in [9.17, 15) is 14.9 Å². The van der Waals surface area contributed by atoms with Gasteiger partial charge in [0.15, 0.2) is 0 Å². The zero-order valence-corrected chi connectivity index (χ0v) is 27.1. The molecular formula is C35H40N10O2. The maximum atomic E-state index is 13.8. The van der Waals surface area contributed by atoms with Crippen molar-refractivity contribution in [3.63, 3.8) is 0 Å². The van der Waals surface area contributed by atoms with Crippen LogP contribution in [0.2, 0.25) is 0 Å². The van der Waals surface area contributed by atoms with Crippen molar-refractivity contribution in [3.8, 4) is 17.3 Å². The van der Waals surface area contributed by atoms with Gasteiger partial charge in [-0.2, -0.15) is 10.4 Å². The largest absolute Gasteiger partial charge is 0.383 e. The summed E-state index contributed by atoms with van der Waals surface area (Å²) in [5.74, 6) is 0.312. The van der Waals surface area contributed by atoms with E-state index in [1.807, 2.05) is 39.9 Å². The molecule has 2 fully saturated rings. The number of carbonyl (C=O) groups is 2. The number of fused-ring (bicyclic) bond motifs is 1. The van der Waals surface area contributed by atoms with Crippen LogP contribution in [-0.2, 0) is 11.3 Å². The molecule has 5 heterocycles. The quantitative estimate of drug-likeness (QED) is 0.219. The fourth-order valence-electron chi connectivity index (χ4n) is 6.51. The van der Waals surface area contributed by atoms with E-state index in [0.29, 0.717) is 41.4 Å². The van der Waals surface area contributed by atoms with Gasteiger partial charge in [-0.1, -0.05) is 18.2 Å². The number of nitrogens with two attached hydrogens (primary N) is 1. The van der Waals surface area contributed by atoms with E-state index in [1.54, 1.807) is 36.7 Å². The van der Waals surface area contributed by atoms with E-state index < -0.39 is 5.54 Å². The van der Waals surface area contributed by atoms with E-state index in [1.165, 1.54) is 0 Å². The Morgan fingerprint density at radius 1 is 1.04 bits per heavy atom. The van der Waals surface area contributed by atoms with Crippen molar-refractivity contribution in [1.29, 1.82) is 5.26 Å². The Balaban J connectivity index is 1.23. The summed E-state index contributed by atoms with van der Waals surface area (Å²) < 4.78 is 1.88. The first-order valence-corrected chi connectivity index (χ1v) is 16.0. The van der Waals surface area contributed by atoms with Gasteiger partial charge in [0, 0.05) is 61.8 Å². The van der Waals surface area contributed by atoms with Gasteiger partial charge >= 0.3 is 0 Å². The van der Waals surface area contributed by atoms with Crippen LogP contribution in [0.25, 0.3) is 22.2 Å². The molecule has 0 radical (unpaired) electrons. The summed E-state index contributed by atoms with van der Waals surface area (Å²) >= 11 is 0. The van der Waals surface area contributed by atoms with Gasteiger partial charge in [0.25, 0.3) is 11.8 Å². The maximum Gasteiger partial charge on any atom is 0.264 e. The molecule has 2 amide bonds. The van der Waals surface area contributed by atoms with E-state index in [4.69, 9.17) is 10.8 Å². The Morgan fingerprint density at radius 3 is 2.51 bits per heavy atom. The lowest BCUT2D eigenvalue weighted by Gasteiger charge is -2.42. The monoisotopic (exact) mass is 632 g/mol. The fourth-order valence-corrected chi connectivity index (χ4v) is 6.51. The molecule has 0 saturated carbocycles. The van der Waals surface area contributed by atoms with Crippen molar-refractivity contribution < 1.29 is 9.59 Å². The van der Waals surface area contributed by atoms with Crippen molar-refractivity contribution in [2.75, 3.05) is 50.8 Å². The number of piperazine rings is 1. The second-order valence-electron chi connectivity index (χ2n) is 12.8. The number of hydrogen-bond acceptors (Lipinski definition) is 9. The molecule has 47 heavy (non-hydrogen) atoms. The van der Waals surface area contributed by atoms with Crippen LogP contribution in [0.3, 0.4) is 0 Å². The number of likely N-dealkylation sites (tertiary alicyclic amines) is 1. The summed E-state index contributed by atoms with van der Waals surface area (Å²) in [6.07, 6.45) is 6.75. The maximum absolute atomic E-state index is 13.8. The number of nitriles is 1. The predicted molar refractivity (Wildman–Crippen MR) is 181 cm³/mol. The molecule has 0 bridgehead atoms. The van der Waals surface area contributed by atoms with E-state index in [2.05, 4.69) is 52.0 Å². The highest BCUT2D eigenvalue weighted by molar-refractivity contribution is 6.05. The Kier molecular flexibility index (Phi) is 9.02. The van der Waals surface area contributed by atoms with Crippen LogP contribution in [0.4, 0.5) is 11.6 Å². The minimum Gasteiger partial charge on any atom is -0.383 e. The average molecular weight is 633 g/mol. The number of benzene rings is 1. The molecule has 1 atom stereocenters. The zero-order valence-electron chi connectivity index (χ0n) is 27.1. The number of carbonyl (C=O) groups excluding carboxylic acids is 2. The minimum atomic E-state index is -0.427. The summed E-state index contributed by atoms with van der Waals surface area (Å²) in [5, 5.41) is 18.6. The van der Waals surface area contributed by atoms with Gasteiger partial charge in [0.2, 0.25) is 0 Å². The van der Waals surface area contributed by atoms with Gasteiger partial charge in [-0.25, -0.2) is 9.97 Å². The summed E-state index contributed by atoms with van der Waals surface area (Å²) in [6.45, 7) is 8.82. The topological polar surface area (TPSA) is 149 Å².